The second-order valence-electron chi connectivity index (χ2n) is 9.16. The fraction of sp³-hybridized carbons (Fsp3) is 0.900. The Balaban J connectivity index is 1.94. The molecule has 0 spiro atoms. The summed E-state index contributed by atoms with van der Waals surface area (Å²) in [5.74, 6) is 2.78. The van der Waals surface area contributed by atoms with Crippen LogP contribution >= 0.6 is 0 Å². The molecule has 2 rings (SSSR count). The molecule has 0 radical (unpaired) electrons. The Bertz CT molecular complexity index is 357. The van der Waals surface area contributed by atoms with Crippen LogP contribution in [0.4, 0.5) is 0 Å². The Morgan fingerprint density at radius 3 is 2.65 bits per heavy atom. The molecule has 1 unspecified atom stereocenters. The van der Waals surface area contributed by atoms with E-state index in [0.717, 1.165) is 17.8 Å². The second-order valence-corrected chi connectivity index (χ2v) is 9.16. The molecule has 0 aromatic heterocycles. The SMILES string of the molecule is CC1=CCC[C@]2(C)[C@@H](C(C)CCCC(C)(C)C)CC[C@@H]12. The van der Waals surface area contributed by atoms with Crippen molar-refractivity contribution in [3.8, 4) is 0 Å². The van der Waals surface area contributed by atoms with Gasteiger partial charge in [-0.1, -0.05) is 59.1 Å². The molecule has 0 aliphatic heterocycles. The maximum absolute atomic E-state index is 2.60. The average Bonchev–Trinajstić information content (AvgIpc) is 2.66. The molecule has 0 bridgehead atoms. The molecule has 2 aliphatic rings. The van der Waals surface area contributed by atoms with Crippen molar-refractivity contribution < 1.29 is 0 Å². The summed E-state index contributed by atoms with van der Waals surface area (Å²) in [6, 6.07) is 0. The molecule has 0 saturated heterocycles. The Kier molecular flexibility index (Phi) is 4.72. The fourth-order valence-electron chi connectivity index (χ4n) is 5.21. The molecule has 116 valence electrons. The Hall–Kier alpha value is -0.260. The van der Waals surface area contributed by atoms with Gasteiger partial charge in [-0.2, -0.15) is 0 Å². The maximum atomic E-state index is 2.60. The van der Waals surface area contributed by atoms with Crippen molar-refractivity contribution in [1.82, 2.24) is 0 Å². The standard InChI is InChI=1S/C20H36/c1-15(9-7-13-19(3,4)5)17-11-12-18-16(2)10-8-14-20(17,18)6/h10,15,17-18H,7-9,11-14H2,1-6H3/t15?,17-,18+,20-/m1/s1. The lowest BCUT2D eigenvalue weighted by Gasteiger charge is -2.43. The van der Waals surface area contributed by atoms with Gasteiger partial charge in [0.15, 0.2) is 0 Å². The Morgan fingerprint density at radius 2 is 2.00 bits per heavy atom. The summed E-state index contributed by atoms with van der Waals surface area (Å²) >= 11 is 0. The Labute approximate surface area is 127 Å². The van der Waals surface area contributed by atoms with E-state index in [9.17, 15) is 0 Å². The summed E-state index contributed by atoms with van der Waals surface area (Å²) in [6.07, 6.45) is 12.4. The summed E-state index contributed by atoms with van der Waals surface area (Å²) in [6.45, 7) is 14.6. The van der Waals surface area contributed by atoms with Crippen molar-refractivity contribution in [2.24, 2.45) is 28.6 Å². The van der Waals surface area contributed by atoms with Gasteiger partial charge < -0.3 is 0 Å². The highest BCUT2D eigenvalue weighted by atomic mass is 14.5. The molecule has 1 fully saturated rings. The molecule has 4 atom stereocenters. The van der Waals surface area contributed by atoms with E-state index in [-0.39, 0.29) is 0 Å². The predicted molar refractivity (Wildman–Crippen MR) is 89.8 cm³/mol. The smallest absolute Gasteiger partial charge is 0.0149 e. The van der Waals surface area contributed by atoms with Crippen LogP contribution in [0.25, 0.3) is 0 Å². The molecule has 0 aromatic rings. The lowest BCUT2D eigenvalue weighted by atomic mass is 9.62. The topological polar surface area (TPSA) is 0 Å². The Morgan fingerprint density at radius 1 is 1.30 bits per heavy atom. The van der Waals surface area contributed by atoms with Gasteiger partial charge in [0.1, 0.15) is 0 Å². The highest BCUT2D eigenvalue weighted by molar-refractivity contribution is 5.17. The van der Waals surface area contributed by atoms with Crippen molar-refractivity contribution in [3.05, 3.63) is 11.6 Å². The zero-order valence-electron chi connectivity index (χ0n) is 14.8. The van der Waals surface area contributed by atoms with Crippen LogP contribution in [0, 0.1) is 28.6 Å². The lowest BCUT2D eigenvalue weighted by Crippen LogP contribution is -2.34. The number of allylic oxidation sites excluding steroid dienone is 2. The van der Waals surface area contributed by atoms with E-state index < -0.39 is 0 Å². The normalized spacial score (nSPS) is 35.6. The van der Waals surface area contributed by atoms with Gasteiger partial charge in [0, 0.05) is 0 Å². The lowest BCUT2D eigenvalue weighted by molar-refractivity contribution is 0.105. The quantitative estimate of drug-likeness (QED) is 0.507. The van der Waals surface area contributed by atoms with Gasteiger partial charge in [-0.3, -0.25) is 0 Å². The number of rotatable bonds is 4. The third-order valence-electron chi connectivity index (χ3n) is 6.38. The van der Waals surface area contributed by atoms with Crippen LogP contribution in [-0.2, 0) is 0 Å². The van der Waals surface area contributed by atoms with Crippen molar-refractivity contribution >= 4 is 0 Å². The summed E-state index contributed by atoms with van der Waals surface area (Å²) in [4.78, 5) is 0. The van der Waals surface area contributed by atoms with Crippen LogP contribution in [0.1, 0.15) is 86.5 Å². The average molecular weight is 277 g/mol. The molecule has 0 amide bonds. The number of fused-ring (bicyclic) bond motifs is 1. The molecule has 0 N–H and O–H groups in total. The van der Waals surface area contributed by atoms with Crippen molar-refractivity contribution in [3.63, 3.8) is 0 Å². The first-order valence-corrected chi connectivity index (χ1v) is 8.91. The summed E-state index contributed by atoms with van der Waals surface area (Å²) < 4.78 is 0. The van der Waals surface area contributed by atoms with E-state index in [2.05, 4.69) is 47.6 Å². The molecule has 0 nitrogen and oxygen atoms in total. The van der Waals surface area contributed by atoms with Crippen LogP contribution in [0.15, 0.2) is 11.6 Å². The van der Waals surface area contributed by atoms with Crippen LogP contribution in [0.5, 0.6) is 0 Å². The largest absolute Gasteiger partial charge is 0.0853 e. The minimum Gasteiger partial charge on any atom is -0.0853 e. The predicted octanol–water partition coefficient (Wildman–Crippen LogP) is 6.61. The van der Waals surface area contributed by atoms with Gasteiger partial charge in [0.25, 0.3) is 0 Å². The fourth-order valence-corrected chi connectivity index (χ4v) is 5.21. The molecule has 20 heavy (non-hydrogen) atoms. The van der Waals surface area contributed by atoms with E-state index in [1.807, 2.05) is 0 Å². The molecular weight excluding hydrogens is 240 g/mol. The number of hydrogen-bond donors (Lipinski definition) is 0. The van der Waals surface area contributed by atoms with Gasteiger partial charge in [-0.15, -0.1) is 0 Å². The van der Waals surface area contributed by atoms with Gasteiger partial charge >= 0.3 is 0 Å². The monoisotopic (exact) mass is 276 g/mol. The van der Waals surface area contributed by atoms with E-state index >= 15 is 0 Å². The third kappa shape index (κ3) is 3.31. The highest BCUT2D eigenvalue weighted by Crippen LogP contribution is 2.58. The van der Waals surface area contributed by atoms with Gasteiger partial charge in [0.05, 0.1) is 0 Å². The molecule has 1 saturated carbocycles. The van der Waals surface area contributed by atoms with Crippen LogP contribution in [-0.4, -0.2) is 0 Å². The van der Waals surface area contributed by atoms with Gasteiger partial charge in [-0.25, -0.2) is 0 Å². The van der Waals surface area contributed by atoms with E-state index in [0.29, 0.717) is 10.8 Å². The first kappa shape index (κ1) is 16.1. The minimum absolute atomic E-state index is 0.506. The molecular formula is C20H36. The molecule has 0 aromatic carbocycles. The second kappa shape index (κ2) is 5.85. The molecule has 2 aliphatic carbocycles. The van der Waals surface area contributed by atoms with Gasteiger partial charge in [-0.05, 0) is 67.6 Å². The molecule has 0 heteroatoms. The minimum atomic E-state index is 0.506. The van der Waals surface area contributed by atoms with Crippen molar-refractivity contribution in [1.29, 1.82) is 0 Å². The summed E-state index contributed by atoms with van der Waals surface area (Å²) in [5.41, 5.74) is 2.81. The first-order chi connectivity index (χ1) is 9.24. The van der Waals surface area contributed by atoms with Crippen LogP contribution in [0.3, 0.4) is 0 Å². The van der Waals surface area contributed by atoms with Crippen molar-refractivity contribution in [2.75, 3.05) is 0 Å². The van der Waals surface area contributed by atoms with Crippen LogP contribution in [0.2, 0.25) is 0 Å². The zero-order chi connectivity index (χ0) is 15.0. The van der Waals surface area contributed by atoms with E-state index in [1.54, 1.807) is 5.57 Å². The van der Waals surface area contributed by atoms with Gasteiger partial charge in [0.2, 0.25) is 0 Å². The van der Waals surface area contributed by atoms with Crippen molar-refractivity contribution in [2.45, 2.75) is 86.5 Å². The highest BCUT2D eigenvalue weighted by Gasteiger charge is 2.49. The van der Waals surface area contributed by atoms with E-state index in [1.165, 1.54) is 44.9 Å². The molecule has 0 heterocycles. The number of hydrogen-bond acceptors (Lipinski definition) is 0. The maximum Gasteiger partial charge on any atom is -0.0149 e. The zero-order valence-corrected chi connectivity index (χ0v) is 14.8. The summed E-state index contributed by atoms with van der Waals surface area (Å²) in [5, 5.41) is 0. The first-order valence-electron chi connectivity index (χ1n) is 8.91. The summed E-state index contributed by atoms with van der Waals surface area (Å²) in [7, 11) is 0. The van der Waals surface area contributed by atoms with Crippen LogP contribution < -0.4 is 0 Å². The van der Waals surface area contributed by atoms with E-state index in [4.69, 9.17) is 0 Å². The third-order valence-corrected chi connectivity index (χ3v) is 6.38.